The van der Waals surface area contributed by atoms with Gasteiger partial charge in [0.1, 0.15) is 5.00 Å². The molecule has 1 amide bonds. The number of aromatic carboxylic acids is 1. The number of nitro benzene ring substituents is 1. The van der Waals surface area contributed by atoms with Crippen LogP contribution in [0.2, 0.25) is 0 Å². The maximum atomic E-state index is 12.3. The fraction of sp³-hybridized carbons (Fsp3) is 0.294. The predicted octanol–water partition coefficient (Wildman–Crippen LogP) is 3.41. The molecule has 1 aliphatic rings. The second-order valence-corrected chi connectivity index (χ2v) is 6.94. The highest BCUT2D eigenvalue weighted by atomic mass is 32.1. The number of anilines is 1. The fourth-order valence-electron chi connectivity index (χ4n) is 3.06. The minimum Gasteiger partial charge on any atom is -0.478 e. The van der Waals surface area contributed by atoms with Crippen molar-refractivity contribution in [3.63, 3.8) is 0 Å². The van der Waals surface area contributed by atoms with Crippen LogP contribution < -0.4 is 5.32 Å². The zero-order valence-electron chi connectivity index (χ0n) is 13.3. The Bertz CT molecular complexity index is 859. The molecule has 2 aromatic rings. The molecule has 1 aliphatic carbocycles. The highest BCUT2D eigenvalue weighted by molar-refractivity contribution is 7.17. The zero-order chi connectivity index (χ0) is 18.0. The van der Waals surface area contributed by atoms with Gasteiger partial charge in [-0.1, -0.05) is 18.2 Å². The van der Waals surface area contributed by atoms with Crippen LogP contribution in [0.4, 0.5) is 10.7 Å². The van der Waals surface area contributed by atoms with E-state index < -0.39 is 16.8 Å². The van der Waals surface area contributed by atoms with Crippen LogP contribution in [0.3, 0.4) is 0 Å². The largest absolute Gasteiger partial charge is 0.478 e. The summed E-state index contributed by atoms with van der Waals surface area (Å²) in [6, 6.07) is 6.03. The second kappa shape index (κ2) is 7.02. The Kier molecular flexibility index (Phi) is 4.80. The van der Waals surface area contributed by atoms with Crippen LogP contribution in [-0.2, 0) is 24.1 Å². The molecule has 7 nitrogen and oxygen atoms in total. The van der Waals surface area contributed by atoms with Gasteiger partial charge in [0.05, 0.1) is 16.9 Å². The zero-order valence-corrected chi connectivity index (χ0v) is 14.1. The van der Waals surface area contributed by atoms with E-state index in [1.165, 1.54) is 29.5 Å². The van der Waals surface area contributed by atoms with Crippen LogP contribution in [0.5, 0.6) is 0 Å². The Labute approximate surface area is 147 Å². The minimum atomic E-state index is -1.06. The summed E-state index contributed by atoms with van der Waals surface area (Å²) >= 11 is 1.29. The van der Waals surface area contributed by atoms with Crippen LogP contribution in [0.1, 0.15) is 39.2 Å². The molecule has 0 aliphatic heterocycles. The number of benzene rings is 1. The number of hydrogen-bond acceptors (Lipinski definition) is 5. The first-order valence-corrected chi connectivity index (χ1v) is 8.69. The number of carboxylic acids is 1. The van der Waals surface area contributed by atoms with E-state index in [1.807, 2.05) is 0 Å². The molecule has 0 unspecified atom stereocenters. The third kappa shape index (κ3) is 3.53. The van der Waals surface area contributed by atoms with Crippen molar-refractivity contribution in [3.8, 4) is 0 Å². The number of nitrogens with one attached hydrogen (secondary N) is 1. The number of carboxylic acid groups (broad SMARTS) is 1. The number of rotatable bonds is 5. The Morgan fingerprint density at radius 2 is 1.96 bits per heavy atom. The summed E-state index contributed by atoms with van der Waals surface area (Å²) in [6.45, 7) is 0. The molecule has 0 spiro atoms. The van der Waals surface area contributed by atoms with Crippen molar-refractivity contribution in [2.24, 2.45) is 0 Å². The molecule has 1 aromatic carbocycles. The van der Waals surface area contributed by atoms with Gasteiger partial charge in [0, 0.05) is 16.5 Å². The average molecular weight is 360 g/mol. The van der Waals surface area contributed by atoms with Gasteiger partial charge in [0.2, 0.25) is 5.91 Å². The highest BCUT2D eigenvalue weighted by Gasteiger charge is 2.26. The summed E-state index contributed by atoms with van der Waals surface area (Å²) in [5.74, 6) is -1.52. The number of fused-ring (bicyclic) bond motifs is 1. The van der Waals surface area contributed by atoms with Gasteiger partial charge in [-0.25, -0.2) is 4.79 Å². The van der Waals surface area contributed by atoms with E-state index >= 15 is 0 Å². The topological polar surface area (TPSA) is 110 Å². The van der Waals surface area contributed by atoms with Crippen molar-refractivity contribution >= 4 is 33.9 Å². The molecule has 3 rings (SSSR count). The molecule has 0 bridgehead atoms. The minimum absolute atomic E-state index is 0.124. The third-order valence-corrected chi connectivity index (χ3v) is 5.38. The number of para-hydroxylation sites is 1. The summed E-state index contributed by atoms with van der Waals surface area (Å²) < 4.78 is 0. The Balaban J connectivity index is 1.84. The van der Waals surface area contributed by atoms with E-state index in [-0.39, 0.29) is 17.7 Å². The van der Waals surface area contributed by atoms with Gasteiger partial charge in [-0.2, -0.15) is 0 Å². The van der Waals surface area contributed by atoms with Crippen LogP contribution in [0.15, 0.2) is 24.3 Å². The van der Waals surface area contributed by atoms with Crippen molar-refractivity contribution in [1.29, 1.82) is 0 Å². The fourth-order valence-corrected chi connectivity index (χ4v) is 4.36. The molecule has 130 valence electrons. The van der Waals surface area contributed by atoms with Gasteiger partial charge in [-0.15, -0.1) is 11.3 Å². The lowest BCUT2D eigenvalue weighted by molar-refractivity contribution is -0.385. The number of nitro groups is 1. The lowest BCUT2D eigenvalue weighted by atomic mass is 9.95. The molecule has 0 radical (unpaired) electrons. The first kappa shape index (κ1) is 17.1. The molecule has 1 aromatic heterocycles. The first-order valence-electron chi connectivity index (χ1n) is 7.87. The summed E-state index contributed by atoms with van der Waals surface area (Å²) in [4.78, 5) is 35.4. The molecule has 0 atom stereocenters. The molecule has 2 N–H and O–H groups in total. The molecule has 1 heterocycles. The summed E-state index contributed by atoms with van der Waals surface area (Å²) in [5, 5.41) is 23.5. The van der Waals surface area contributed by atoms with Crippen LogP contribution >= 0.6 is 11.3 Å². The standard InChI is InChI=1S/C17H16N2O5S/c20-14(9-10-5-1-3-7-12(10)19(23)24)18-16-15(17(21)22)11-6-2-4-8-13(11)25-16/h1,3,5,7H,2,4,6,8-9H2,(H,18,20)(H,21,22). The number of amides is 1. The SMILES string of the molecule is O=C(Cc1ccccc1[N+](=O)[O-])Nc1sc2c(c1C(=O)O)CCCC2. The number of carbonyl (C=O) groups is 2. The molecular formula is C17H16N2O5S. The number of aryl methyl sites for hydroxylation is 1. The summed E-state index contributed by atoms with van der Waals surface area (Å²) in [7, 11) is 0. The maximum Gasteiger partial charge on any atom is 0.339 e. The van der Waals surface area contributed by atoms with E-state index in [1.54, 1.807) is 6.07 Å². The first-order chi connectivity index (χ1) is 12.0. The monoisotopic (exact) mass is 360 g/mol. The van der Waals surface area contributed by atoms with Gasteiger partial charge in [0.15, 0.2) is 0 Å². The van der Waals surface area contributed by atoms with Crippen molar-refractivity contribution in [2.45, 2.75) is 32.1 Å². The van der Waals surface area contributed by atoms with Crippen molar-refractivity contribution in [3.05, 3.63) is 55.9 Å². The lowest BCUT2D eigenvalue weighted by Gasteiger charge is -2.10. The van der Waals surface area contributed by atoms with Crippen molar-refractivity contribution < 1.29 is 19.6 Å². The summed E-state index contributed by atoms with van der Waals surface area (Å²) in [6.07, 6.45) is 3.29. The number of carbonyl (C=O) groups excluding carboxylic acids is 1. The van der Waals surface area contributed by atoms with Crippen molar-refractivity contribution in [2.75, 3.05) is 5.32 Å². The van der Waals surface area contributed by atoms with E-state index in [4.69, 9.17) is 0 Å². The van der Waals surface area contributed by atoms with Crippen LogP contribution in [-0.4, -0.2) is 21.9 Å². The van der Waals surface area contributed by atoms with Crippen molar-refractivity contribution in [1.82, 2.24) is 0 Å². The Morgan fingerprint density at radius 1 is 1.24 bits per heavy atom. The predicted molar refractivity (Wildman–Crippen MR) is 93.4 cm³/mol. The quantitative estimate of drug-likeness (QED) is 0.627. The number of hydrogen-bond donors (Lipinski definition) is 2. The lowest BCUT2D eigenvalue weighted by Crippen LogP contribution is -2.16. The highest BCUT2D eigenvalue weighted by Crippen LogP contribution is 2.38. The molecule has 25 heavy (non-hydrogen) atoms. The van der Waals surface area contributed by atoms with E-state index in [2.05, 4.69) is 5.32 Å². The Hall–Kier alpha value is -2.74. The molecule has 8 heteroatoms. The van der Waals surface area contributed by atoms with Gasteiger partial charge in [0.25, 0.3) is 5.69 Å². The molecule has 0 fully saturated rings. The molecule has 0 saturated heterocycles. The van der Waals surface area contributed by atoms with Crippen LogP contribution in [0.25, 0.3) is 0 Å². The van der Waals surface area contributed by atoms with E-state index in [9.17, 15) is 24.8 Å². The average Bonchev–Trinajstić information content (AvgIpc) is 2.92. The van der Waals surface area contributed by atoms with Crippen LogP contribution in [0, 0.1) is 10.1 Å². The van der Waals surface area contributed by atoms with Gasteiger partial charge >= 0.3 is 5.97 Å². The molecule has 0 saturated carbocycles. The maximum absolute atomic E-state index is 12.3. The Morgan fingerprint density at radius 3 is 2.68 bits per heavy atom. The van der Waals surface area contributed by atoms with E-state index in [0.29, 0.717) is 17.0 Å². The molecular weight excluding hydrogens is 344 g/mol. The number of nitrogens with zero attached hydrogens (tertiary/aromatic N) is 1. The third-order valence-electron chi connectivity index (χ3n) is 4.18. The normalized spacial score (nSPS) is 13.1. The van der Waals surface area contributed by atoms with Gasteiger partial charge in [-0.05, 0) is 31.2 Å². The second-order valence-electron chi connectivity index (χ2n) is 5.83. The summed E-state index contributed by atoms with van der Waals surface area (Å²) in [5.41, 5.74) is 1.14. The number of thiophene rings is 1. The van der Waals surface area contributed by atoms with E-state index in [0.717, 1.165) is 29.7 Å². The van der Waals surface area contributed by atoms with Gasteiger partial charge in [-0.3, -0.25) is 14.9 Å². The smallest absolute Gasteiger partial charge is 0.339 e. The van der Waals surface area contributed by atoms with Gasteiger partial charge < -0.3 is 10.4 Å².